The molecule has 0 radical (unpaired) electrons. The molecular weight excluding hydrogens is 228 g/mol. The summed E-state index contributed by atoms with van der Waals surface area (Å²) in [6.45, 7) is 0.971. The van der Waals surface area contributed by atoms with Crippen LogP contribution in [0.2, 0.25) is 0 Å². The Balaban J connectivity index is 2.44. The molecule has 0 aliphatic carbocycles. The van der Waals surface area contributed by atoms with Gasteiger partial charge in [-0.05, 0) is 37.7 Å². The van der Waals surface area contributed by atoms with Gasteiger partial charge in [-0.15, -0.1) is 0 Å². The van der Waals surface area contributed by atoms with Crippen LogP contribution in [0.4, 0.5) is 8.78 Å². The number of rotatable bonds is 6. The zero-order valence-electron chi connectivity index (χ0n) is 9.62. The number of benzene rings is 1. The number of nitrogens with zero attached hydrogens (tertiary/aromatic N) is 1. The maximum atomic E-state index is 12.9. The summed E-state index contributed by atoms with van der Waals surface area (Å²) in [5.74, 6) is -2.03. The second-order valence-electron chi connectivity index (χ2n) is 4.01. The van der Waals surface area contributed by atoms with Crippen molar-refractivity contribution in [2.45, 2.75) is 19.4 Å². The molecule has 0 fully saturated rings. The van der Waals surface area contributed by atoms with Gasteiger partial charge in [-0.1, -0.05) is 0 Å². The fraction of sp³-hybridized carbons (Fsp3) is 0.417. The van der Waals surface area contributed by atoms with E-state index in [1.165, 1.54) is 12.1 Å². The highest BCUT2D eigenvalue weighted by Crippen LogP contribution is 2.10. The molecule has 5 heteroatoms. The van der Waals surface area contributed by atoms with E-state index in [9.17, 15) is 13.6 Å². The van der Waals surface area contributed by atoms with Crippen molar-refractivity contribution in [3.8, 4) is 0 Å². The van der Waals surface area contributed by atoms with Gasteiger partial charge in [0.05, 0.1) is 0 Å². The monoisotopic (exact) mass is 243 g/mol. The van der Waals surface area contributed by atoms with E-state index in [4.69, 9.17) is 5.11 Å². The minimum absolute atomic E-state index is 0.0991. The van der Waals surface area contributed by atoms with Gasteiger partial charge in [0.25, 0.3) is 0 Å². The van der Waals surface area contributed by atoms with Crippen molar-refractivity contribution in [2.24, 2.45) is 0 Å². The quantitative estimate of drug-likeness (QED) is 0.833. The zero-order chi connectivity index (χ0) is 12.8. The van der Waals surface area contributed by atoms with E-state index in [1.54, 1.807) is 7.05 Å². The van der Waals surface area contributed by atoms with Gasteiger partial charge in [0.2, 0.25) is 0 Å². The molecule has 0 unspecified atom stereocenters. The van der Waals surface area contributed by atoms with E-state index in [2.05, 4.69) is 0 Å². The van der Waals surface area contributed by atoms with Crippen LogP contribution < -0.4 is 0 Å². The van der Waals surface area contributed by atoms with Gasteiger partial charge in [0.15, 0.2) is 0 Å². The SMILES string of the molecule is CN(CCCC(=O)O)Cc1cc(F)cc(F)c1. The molecule has 0 saturated heterocycles. The molecule has 0 spiro atoms. The minimum Gasteiger partial charge on any atom is -0.481 e. The summed E-state index contributed by atoms with van der Waals surface area (Å²) in [6.07, 6.45) is 0.617. The van der Waals surface area contributed by atoms with Crippen LogP contribution in [0.3, 0.4) is 0 Å². The molecule has 1 N–H and O–H groups in total. The van der Waals surface area contributed by atoms with E-state index >= 15 is 0 Å². The average Bonchev–Trinajstić information content (AvgIpc) is 2.14. The summed E-state index contributed by atoms with van der Waals surface area (Å²) in [5.41, 5.74) is 0.542. The van der Waals surface area contributed by atoms with E-state index in [0.717, 1.165) is 6.07 Å². The van der Waals surface area contributed by atoms with E-state index < -0.39 is 17.6 Å². The highest BCUT2D eigenvalue weighted by Gasteiger charge is 2.05. The van der Waals surface area contributed by atoms with Crippen molar-refractivity contribution in [1.82, 2.24) is 4.90 Å². The fourth-order valence-electron chi connectivity index (χ4n) is 1.59. The van der Waals surface area contributed by atoms with Crippen LogP contribution in [0.25, 0.3) is 0 Å². The molecule has 1 aromatic rings. The van der Waals surface area contributed by atoms with Crippen molar-refractivity contribution >= 4 is 5.97 Å². The third-order valence-electron chi connectivity index (χ3n) is 2.31. The molecule has 17 heavy (non-hydrogen) atoms. The molecule has 3 nitrogen and oxygen atoms in total. The Morgan fingerprint density at radius 2 is 1.88 bits per heavy atom. The first kappa shape index (κ1) is 13.6. The Bertz CT molecular complexity index is 376. The Hall–Kier alpha value is -1.49. The first-order valence-electron chi connectivity index (χ1n) is 5.32. The third kappa shape index (κ3) is 5.40. The first-order chi connectivity index (χ1) is 7.97. The van der Waals surface area contributed by atoms with Gasteiger partial charge in [-0.25, -0.2) is 8.78 Å². The van der Waals surface area contributed by atoms with Gasteiger partial charge >= 0.3 is 5.97 Å². The van der Waals surface area contributed by atoms with Gasteiger partial charge in [-0.2, -0.15) is 0 Å². The highest BCUT2D eigenvalue weighted by molar-refractivity contribution is 5.66. The van der Waals surface area contributed by atoms with Gasteiger partial charge in [-0.3, -0.25) is 4.79 Å². The second-order valence-corrected chi connectivity index (χ2v) is 4.01. The van der Waals surface area contributed by atoms with E-state index in [0.29, 0.717) is 25.1 Å². The van der Waals surface area contributed by atoms with Crippen molar-refractivity contribution < 1.29 is 18.7 Å². The van der Waals surface area contributed by atoms with E-state index in [1.807, 2.05) is 4.90 Å². The zero-order valence-corrected chi connectivity index (χ0v) is 9.62. The van der Waals surface area contributed by atoms with Gasteiger partial charge in [0, 0.05) is 19.0 Å². The molecule has 0 aliphatic heterocycles. The maximum Gasteiger partial charge on any atom is 0.303 e. The van der Waals surface area contributed by atoms with Crippen LogP contribution in [0.1, 0.15) is 18.4 Å². The Morgan fingerprint density at radius 3 is 2.41 bits per heavy atom. The number of hydrogen-bond acceptors (Lipinski definition) is 2. The van der Waals surface area contributed by atoms with E-state index in [-0.39, 0.29) is 6.42 Å². The number of halogens is 2. The van der Waals surface area contributed by atoms with Gasteiger partial charge < -0.3 is 10.0 Å². The molecule has 0 atom stereocenters. The number of carbonyl (C=O) groups is 1. The molecular formula is C12H15F2NO2. The summed E-state index contributed by atoms with van der Waals surface area (Å²) in [5, 5.41) is 8.47. The molecule has 0 heterocycles. The van der Waals surface area contributed by atoms with Crippen LogP contribution in [0.15, 0.2) is 18.2 Å². The largest absolute Gasteiger partial charge is 0.481 e. The average molecular weight is 243 g/mol. The number of carboxylic acids is 1. The van der Waals surface area contributed by atoms with Crippen LogP contribution in [0.5, 0.6) is 0 Å². The van der Waals surface area contributed by atoms with Crippen molar-refractivity contribution in [1.29, 1.82) is 0 Å². The smallest absolute Gasteiger partial charge is 0.303 e. The van der Waals surface area contributed by atoms with Crippen LogP contribution in [-0.2, 0) is 11.3 Å². The lowest BCUT2D eigenvalue weighted by Gasteiger charge is -2.16. The Kier molecular flexibility index (Phi) is 5.03. The van der Waals surface area contributed by atoms with Crippen LogP contribution >= 0.6 is 0 Å². The normalized spacial score (nSPS) is 10.8. The highest BCUT2D eigenvalue weighted by atomic mass is 19.1. The van der Waals surface area contributed by atoms with Crippen molar-refractivity contribution in [3.05, 3.63) is 35.4 Å². The lowest BCUT2D eigenvalue weighted by Crippen LogP contribution is -2.20. The van der Waals surface area contributed by atoms with Crippen LogP contribution in [-0.4, -0.2) is 29.6 Å². The second kappa shape index (κ2) is 6.30. The molecule has 0 aromatic heterocycles. The topological polar surface area (TPSA) is 40.5 Å². The summed E-state index contributed by atoms with van der Waals surface area (Å²) in [4.78, 5) is 12.1. The summed E-state index contributed by atoms with van der Waals surface area (Å²) < 4.78 is 25.8. The summed E-state index contributed by atoms with van der Waals surface area (Å²) >= 11 is 0. The summed E-state index contributed by atoms with van der Waals surface area (Å²) in [7, 11) is 1.78. The van der Waals surface area contributed by atoms with Gasteiger partial charge in [0.1, 0.15) is 11.6 Å². The van der Waals surface area contributed by atoms with Crippen LogP contribution in [0, 0.1) is 11.6 Å². The third-order valence-corrected chi connectivity index (χ3v) is 2.31. The molecule has 0 aliphatic rings. The maximum absolute atomic E-state index is 12.9. The predicted molar refractivity (Wildman–Crippen MR) is 59.6 cm³/mol. The predicted octanol–water partition coefficient (Wildman–Crippen LogP) is 2.26. The number of hydrogen-bond donors (Lipinski definition) is 1. The Labute approximate surface area is 98.7 Å². The number of carboxylic acid groups (broad SMARTS) is 1. The van der Waals surface area contributed by atoms with Crippen molar-refractivity contribution in [2.75, 3.05) is 13.6 Å². The molecule has 1 aromatic carbocycles. The molecule has 0 bridgehead atoms. The fourth-order valence-corrected chi connectivity index (χ4v) is 1.59. The first-order valence-corrected chi connectivity index (χ1v) is 5.32. The Morgan fingerprint density at radius 1 is 1.29 bits per heavy atom. The minimum atomic E-state index is -0.838. The van der Waals surface area contributed by atoms with Crippen molar-refractivity contribution in [3.63, 3.8) is 0 Å². The lowest BCUT2D eigenvalue weighted by molar-refractivity contribution is -0.137. The standard InChI is InChI=1S/C12H15F2NO2/c1-15(4-2-3-12(16)17)8-9-5-10(13)7-11(14)6-9/h5-7H,2-4,8H2,1H3,(H,16,17). The molecule has 0 saturated carbocycles. The summed E-state index contributed by atoms with van der Waals surface area (Å²) in [6, 6.07) is 3.38. The number of aliphatic carboxylic acids is 1. The lowest BCUT2D eigenvalue weighted by atomic mass is 10.2. The molecule has 0 amide bonds. The molecule has 1 rings (SSSR count). The molecule has 94 valence electrons.